The lowest BCUT2D eigenvalue weighted by Crippen LogP contribution is -2.34. The van der Waals surface area contributed by atoms with Crippen molar-refractivity contribution in [2.75, 3.05) is 18.4 Å². The highest BCUT2D eigenvalue weighted by Crippen LogP contribution is 2.31. The van der Waals surface area contributed by atoms with E-state index in [1.165, 1.54) is 4.68 Å². The van der Waals surface area contributed by atoms with Gasteiger partial charge in [0, 0.05) is 5.69 Å². The predicted molar refractivity (Wildman–Crippen MR) is 118 cm³/mol. The van der Waals surface area contributed by atoms with Crippen molar-refractivity contribution in [1.29, 1.82) is 0 Å². The van der Waals surface area contributed by atoms with Crippen LogP contribution in [0.5, 0.6) is 5.75 Å². The van der Waals surface area contributed by atoms with Gasteiger partial charge in [-0.1, -0.05) is 29.3 Å². The summed E-state index contributed by atoms with van der Waals surface area (Å²) in [7, 11) is 0. The molecule has 0 bridgehead atoms. The van der Waals surface area contributed by atoms with Crippen LogP contribution in [0, 0.1) is 0 Å². The van der Waals surface area contributed by atoms with Crippen molar-refractivity contribution < 1.29 is 9.53 Å². The topological polar surface area (TPSA) is 94.2 Å². The second-order valence-corrected chi connectivity index (χ2v) is 7.80. The van der Waals surface area contributed by atoms with E-state index in [2.05, 4.69) is 15.7 Å². The van der Waals surface area contributed by atoms with Gasteiger partial charge in [0.2, 0.25) is 0 Å². The van der Waals surface area contributed by atoms with E-state index in [1.807, 2.05) is 24.3 Å². The lowest BCUT2D eigenvalue weighted by Gasteiger charge is -2.23. The Morgan fingerprint density at radius 1 is 1.13 bits per heavy atom. The number of aromatic nitrogens is 2. The highest BCUT2D eigenvalue weighted by atomic mass is 35.5. The van der Waals surface area contributed by atoms with Crippen LogP contribution in [0.1, 0.15) is 23.3 Å². The van der Waals surface area contributed by atoms with Crippen LogP contribution in [0.4, 0.5) is 11.4 Å². The Bertz CT molecular complexity index is 1030. The molecule has 3 aromatic rings. The quantitative estimate of drug-likeness (QED) is 0.529. The molecule has 0 aliphatic carbocycles. The molecule has 0 atom stereocenters. The number of nitrogens with two attached hydrogens (primary N) is 1. The molecular weight excluding hydrogens is 425 g/mol. The number of primary amides is 1. The lowest BCUT2D eigenvalue weighted by molar-refractivity contribution is 0.0996. The Morgan fingerprint density at radius 3 is 2.43 bits per heavy atom. The molecule has 2 heterocycles. The number of carbonyl (C=O) groups excluding carboxylic acids is 1. The van der Waals surface area contributed by atoms with E-state index >= 15 is 0 Å². The minimum Gasteiger partial charge on any atom is -0.490 e. The summed E-state index contributed by atoms with van der Waals surface area (Å²) in [5.41, 5.74) is 7.29. The van der Waals surface area contributed by atoms with Gasteiger partial charge in [0.1, 0.15) is 17.5 Å². The zero-order valence-electron chi connectivity index (χ0n) is 16.1. The molecule has 1 saturated heterocycles. The lowest BCUT2D eigenvalue weighted by atomic mass is 10.1. The second kappa shape index (κ2) is 8.95. The predicted octanol–water partition coefficient (Wildman–Crippen LogP) is 4.15. The largest absolute Gasteiger partial charge is 0.490 e. The van der Waals surface area contributed by atoms with Crippen LogP contribution in [0.3, 0.4) is 0 Å². The van der Waals surface area contributed by atoms with Crippen molar-refractivity contribution in [3.05, 3.63) is 64.4 Å². The van der Waals surface area contributed by atoms with Gasteiger partial charge in [-0.25, -0.2) is 4.68 Å². The third-order valence-electron chi connectivity index (χ3n) is 4.84. The van der Waals surface area contributed by atoms with Crippen LogP contribution in [0.15, 0.2) is 48.7 Å². The Labute approximate surface area is 184 Å². The van der Waals surface area contributed by atoms with E-state index in [4.69, 9.17) is 33.7 Å². The zero-order valence-corrected chi connectivity index (χ0v) is 17.6. The number of benzene rings is 2. The van der Waals surface area contributed by atoms with Crippen LogP contribution < -0.4 is 21.1 Å². The molecule has 1 aliphatic rings. The van der Waals surface area contributed by atoms with Crippen LogP contribution in [-0.2, 0) is 0 Å². The molecule has 9 heteroatoms. The number of nitrogens with zero attached hydrogens (tertiary/aromatic N) is 2. The molecule has 4 N–H and O–H groups in total. The smallest absolute Gasteiger partial charge is 0.271 e. The Kier molecular flexibility index (Phi) is 6.13. The molecule has 2 aromatic carbocycles. The van der Waals surface area contributed by atoms with Crippen LogP contribution in [0.2, 0.25) is 10.0 Å². The normalized spacial score (nSPS) is 14.5. The van der Waals surface area contributed by atoms with E-state index in [-0.39, 0.29) is 11.8 Å². The van der Waals surface area contributed by atoms with Crippen molar-refractivity contribution in [2.45, 2.75) is 18.9 Å². The maximum absolute atomic E-state index is 11.9. The van der Waals surface area contributed by atoms with Crippen molar-refractivity contribution in [2.24, 2.45) is 5.73 Å². The first-order valence-electron chi connectivity index (χ1n) is 9.59. The van der Waals surface area contributed by atoms with Crippen molar-refractivity contribution in [1.82, 2.24) is 15.1 Å². The average molecular weight is 446 g/mol. The number of carbonyl (C=O) groups is 1. The number of amides is 1. The number of hydrogen-bond acceptors (Lipinski definition) is 5. The number of para-hydroxylation sites is 1. The summed E-state index contributed by atoms with van der Waals surface area (Å²) in [4.78, 5) is 11.9. The van der Waals surface area contributed by atoms with Crippen LogP contribution in [0.25, 0.3) is 5.69 Å². The molecule has 4 rings (SSSR count). The molecule has 1 aromatic heterocycles. The maximum Gasteiger partial charge on any atom is 0.271 e. The minimum absolute atomic E-state index is 0.0843. The Balaban J connectivity index is 1.55. The summed E-state index contributed by atoms with van der Waals surface area (Å²) < 4.78 is 7.47. The minimum atomic E-state index is -0.662. The molecule has 30 heavy (non-hydrogen) atoms. The number of nitrogens with one attached hydrogen (secondary N) is 2. The fraction of sp³-hybridized carbons (Fsp3) is 0.238. The van der Waals surface area contributed by atoms with Crippen molar-refractivity contribution >= 4 is 40.5 Å². The van der Waals surface area contributed by atoms with Gasteiger partial charge < -0.3 is 21.1 Å². The van der Waals surface area contributed by atoms with Gasteiger partial charge in [0.25, 0.3) is 5.91 Å². The monoisotopic (exact) mass is 445 g/mol. The standard InChI is InChI=1S/C21H21Cl2N5O2/c22-16-2-1-3-17(23)20(16)28-12-18(19(27-28)21(24)29)26-13-4-6-14(7-5-13)30-15-8-10-25-11-9-15/h1-7,12,15,25-26H,8-11H2,(H2,24,29). The first-order valence-corrected chi connectivity index (χ1v) is 10.3. The maximum atomic E-state index is 11.9. The highest BCUT2D eigenvalue weighted by molar-refractivity contribution is 6.37. The third kappa shape index (κ3) is 4.53. The van der Waals surface area contributed by atoms with Gasteiger partial charge in [-0.15, -0.1) is 0 Å². The fourth-order valence-electron chi connectivity index (χ4n) is 3.35. The summed E-state index contributed by atoms with van der Waals surface area (Å²) in [6, 6.07) is 12.7. The SMILES string of the molecule is NC(=O)c1nn(-c2c(Cl)cccc2Cl)cc1Nc1ccc(OC2CCNCC2)cc1. The first kappa shape index (κ1) is 20.5. The summed E-state index contributed by atoms with van der Waals surface area (Å²) in [5, 5.41) is 11.6. The number of halogens is 2. The molecule has 0 spiro atoms. The zero-order chi connectivity index (χ0) is 21.1. The molecule has 1 aliphatic heterocycles. The van der Waals surface area contributed by atoms with Crippen molar-refractivity contribution in [3.63, 3.8) is 0 Å². The number of anilines is 2. The molecule has 7 nitrogen and oxygen atoms in total. The number of rotatable bonds is 6. The molecule has 1 fully saturated rings. The number of piperidine rings is 1. The summed E-state index contributed by atoms with van der Waals surface area (Å²) >= 11 is 12.5. The molecule has 0 unspecified atom stereocenters. The molecule has 156 valence electrons. The summed E-state index contributed by atoms with van der Waals surface area (Å²) in [5.74, 6) is 0.145. The summed E-state index contributed by atoms with van der Waals surface area (Å²) in [6.45, 7) is 1.94. The van der Waals surface area contributed by atoms with E-state index in [0.29, 0.717) is 21.4 Å². The van der Waals surface area contributed by atoms with E-state index < -0.39 is 5.91 Å². The Hall–Kier alpha value is -2.74. The van der Waals surface area contributed by atoms with E-state index in [9.17, 15) is 4.79 Å². The number of hydrogen-bond donors (Lipinski definition) is 3. The highest BCUT2D eigenvalue weighted by Gasteiger charge is 2.18. The average Bonchev–Trinajstić information content (AvgIpc) is 3.14. The van der Waals surface area contributed by atoms with Gasteiger partial charge in [0.05, 0.1) is 21.9 Å². The number of ether oxygens (including phenoxy) is 1. The van der Waals surface area contributed by atoms with Crippen LogP contribution >= 0.6 is 23.2 Å². The molecule has 0 radical (unpaired) electrons. The third-order valence-corrected chi connectivity index (χ3v) is 5.45. The van der Waals surface area contributed by atoms with E-state index in [1.54, 1.807) is 24.4 Å². The second-order valence-electron chi connectivity index (χ2n) is 6.99. The van der Waals surface area contributed by atoms with Crippen LogP contribution in [-0.4, -0.2) is 34.9 Å². The van der Waals surface area contributed by atoms with Gasteiger partial charge >= 0.3 is 0 Å². The van der Waals surface area contributed by atoms with Crippen molar-refractivity contribution in [3.8, 4) is 11.4 Å². The molecule has 0 saturated carbocycles. The fourth-order valence-corrected chi connectivity index (χ4v) is 3.92. The molecule has 1 amide bonds. The summed E-state index contributed by atoms with van der Waals surface area (Å²) in [6.07, 6.45) is 3.84. The van der Waals surface area contributed by atoms with Gasteiger partial charge in [-0.05, 0) is 62.3 Å². The molecular formula is C21H21Cl2N5O2. The van der Waals surface area contributed by atoms with Gasteiger partial charge in [-0.3, -0.25) is 4.79 Å². The van der Waals surface area contributed by atoms with Gasteiger partial charge in [0.15, 0.2) is 5.69 Å². The van der Waals surface area contributed by atoms with Gasteiger partial charge in [-0.2, -0.15) is 5.10 Å². The van der Waals surface area contributed by atoms with E-state index in [0.717, 1.165) is 37.4 Å². The Morgan fingerprint density at radius 2 is 1.80 bits per heavy atom. The first-order chi connectivity index (χ1) is 14.5.